The number of hydrogen-bond donors (Lipinski definition) is 1. The van der Waals surface area contributed by atoms with Crippen molar-refractivity contribution in [3.05, 3.63) is 0 Å². The zero-order valence-corrected chi connectivity index (χ0v) is 8.76. The molecule has 3 nitrogen and oxygen atoms in total. The standard InChI is InChI=1S/C10H18O3/c1-7-5-6-8(2)10(4,11)13-9(7,3)12-8/h7,11H,5-6H2,1-4H3/t7-,8-,9+,10-/m1/s1. The Bertz CT molecular complexity index is 234. The van der Waals surface area contributed by atoms with Crippen LogP contribution in [0, 0.1) is 5.92 Å². The second-order valence-corrected chi connectivity index (χ2v) is 4.87. The molecule has 0 aromatic heterocycles. The minimum Gasteiger partial charge on any atom is -0.363 e. The second-order valence-electron chi connectivity index (χ2n) is 4.87. The molecule has 1 N–H and O–H groups in total. The molecule has 2 aliphatic rings. The van der Waals surface area contributed by atoms with Crippen LogP contribution in [0.4, 0.5) is 0 Å². The van der Waals surface area contributed by atoms with E-state index in [0.29, 0.717) is 5.92 Å². The minimum absolute atomic E-state index is 0.342. The van der Waals surface area contributed by atoms with Crippen LogP contribution in [0.3, 0.4) is 0 Å². The lowest BCUT2D eigenvalue weighted by Crippen LogP contribution is -2.48. The summed E-state index contributed by atoms with van der Waals surface area (Å²) in [4.78, 5) is 0. The van der Waals surface area contributed by atoms with Gasteiger partial charge in [-0.25, -0.2) is 0 Å². The van der Waals surface area contributed by atoms with Crippen molar-refractivity contribution in [2.75, 3.05) is 0 Å². The lowest BCUT2D eigenvalue weighted by molar-refractivity contribution is -0.250. The Morgan fingerprint density at radius 3 is 2.38 bits per heavy atom. The second kappa shape index (κ2) is 2.27. The molecular formula is C10H18O3. The van der Waals surface area contributed by atoms with Gasteiger partial charge in [-0.3, -0.25) is 0 Å². The molecule has 2 aliphatic heterocycles. The van der Waals surface area contributed by atoms with Gasteiger partial charge in [0.2, 0.25) is 0 Å². The van der Waals surface area contributed by atoms with Crippen molar-refractivity contribution >= 4 is 0 Å². The van der Waals surface area contributed by atoms with Gasteiger partial charge >= 0.3 is 0 Å². The van der Waals surface area contributed by atoms with Crippen LogP contribution < -0.4 is 0 Å². The summed E-state index contributed by atoms with van der Waals surface area (Å²) >= 11 is 0. The summed E-state index contributed by atoms with van der Waals surface area (Å²) < 4.78 is 11.4. The highest BCUT2D eigenvalue weighted by Crippen LogP contribution is 2.53. The Kier molecular flexibility index (Phi) is 1.65. The molecule has 0 spiro atoms. The van der Waals surface area contributed by atoms with Crippen molar-refractivity contribution < 1.29 is 14.6 Å². The van der Waals surface area contributed by atoms with Gasteiger partial charge in [0.1, 0.15) is 5.60 Å². The van der Waals surface area contributed by atoms with Gasteiger partial charge in [0.15, 0.2) is 11.6 Å². The van der Waals surface area contributed by atoms with E-state index < -0.39 is 17.2 Å². The lowest BCUT2D eigenvalue weighted by Gasteiger charge is -2.38. The Balaban J connectivity index is 2.37. The monoisotopic (exact) mass is 186 g/mol. The minimum atomic E-state index is -1.15. The zero-order valence-electron chi connectivity index (χ0n) is 8.76. The summed E-state index contributed by atoms with van der Waals surface area (Å²) in [7, 11) is 0. The van der Waals surface area contributed by atoms with Crippen molar-refractivity contribution in [1.29, 1.82) is 0 Å². The number of hydrogen-bond acceptors (Lipinski definition) is 3. The highest BCUT2D eigenvalue weighted by Gasteiger charge is 2.63. The molecule has 0 amide bonds. The highest BCUT2D eigenvalue weighted by atomic mass is 16.8. The van der Waals surface area contributed by atoms with Crippen molar-refractivity contribution in [3.8, 4) is 0 Å². The van der Waals surface area contributed by atoms with Gasteiger partial charge < -0.3 is 14.6 Å². The molecule has 0 aliphatic carbocycles. The number of aliphatic hydroxyl groups is 1. The topological polar surface area (TPSA) is 38.7 Å². The molecule has 2 rings (SSSR count). The van der Waals surface area contributed by atoms with Gasteiger partial charge in [-0.15, -0.1) is 0 Å². The van der Waals surface area contributed by atoms with Crippen LogP contribution in [0.5, 0.6) is 0 Å². The Labute approximate surface area is 79.0 Å². The summed E-state index contributed by atoms with van der Waals surface area (Å²) in [5.74, 6) is -1.40. The van der Waals surface area contributed by atoms with Gasteiger partial charge in [-0.05, 0) is 33.6 Å². The third-order valence-corrected chi connectivity index (χ3v) is 3.76. The Morgan fingerprint density at radius 1 is 1.23 bits per heavy atom. The largest absolute Gasteiger partial charge is 0.363 e. The molecule has 0 unspecified atom stereocenters. The first kappa shape index (κ1) is 9.44. The molecule has 2 heterocycles. The highest BCUT2D eigenvalue weighted by molar-refractivity contribution is 5.02. The molecule has 2 bridgehead atoms. The van der Waals surface area contributed by atoms with Crippen LogP contribution in [0.25, 0.3) is 0 Å². The van der Waals surface area contributed by atoms with Crippen molar-refractivity contribution in [2.24, 2.45) is 5.92 Å². The zero-order chi connectivity index (χ0) is 9.91. The van der Waals surface area contributed by atoms with E-state index in [2.05, 4.69) is 6.92 Å². The van der Waals surface area contributed by atoms with E-state index in [0.717, 1.165) is 12.8 Å². The maximum absolute atomic E-state index is 10.1. The van der Waals surface area contributed by atoms with E-state index in [9.17, 15) is 5.11 Å². The van der Waals surface area contributed by atoms with Gasteiger partial charge in [-0.2, -0.15) is 0 Å². The van der Waals surface area contributed by atoms with Crippen molar-refractivity contribution in [2.45, 2.75) is 57.7 Å². The van der Waals surface area contributed by atoms with E-state index in [1.807, 2.05) is 13.8 Å². The van der Waals surface area contributed by atoms with Crippen LogP contribution in [0.2, 0.25) is 0 Å². The fraction of sp³-hybridized carbons (Fsp3) is 1.00. The third kappa shape index (κ3) is 1.07. The van der Waals surface area contributed by atoms with Crippen molar-refractivity contribution in [1.82, 2.24) is 0 Å². The van der Waals surface area contributed by atoms with Crippen LogP contribution in [0.15, 0.2) is 0 Å². The van der Waals surface area contributed by atoms with Crippen LogP contribution >= 0.6 is 0 Å². The smallest absolute Gasteiger partial charge is 0.195 e. The molecule has 3 heteroatoms. The molecule has 2 saturated heterocycles. The summed E-state index contributed by atoms with van der Waals surface area (Å²) in [5.41, 5.74) is -0.533. The van der Waals surface area contributed by atoms with Gasteiger partial charge in [0.25, 0.3) is 0 Å². The lowest BCUT2D eigenvalue weighted by atomic mass is 9.84. The first-order valence-electron chi connectivity index (χ1n) is 4.92. The van der Waals surface area contributed by atoms with E-state index >= 15 is 0 Å². The molecule has 0 radical (unpaired) electrons. The molecule has 4 atom stereocenters. The number of ether oxygens (including phenoxy) is 2. The normalized spacial score (nSPS) is 61.2. The fourth-order valence-electron chi connectivity index (χ4n) is 2.30. The van der Waals surface area contributed by atoms with Gasteiger partial charge in [0.05, 0.1) is 0 Å². The molecule has 0 aromatic carbocycles. The summed E-state index contributed by atoms with van der Waals surface area (Å²) in [6, 6.07) is 0. The van der Waals surface area contributed by atoms with Crippen LogP contribution in [0.1, 0.15) is 40.5 Å². The maximum atomic E-state index is 10.1. The summed E-state index contributed by atoms with van der Waals surface area (Å²) in [6.45, 7) is 7.62. The van der Waals surface area contributed by atoms with Crippen molar-refractivity contribution in [3.63, 3.8) is 0 Å². The molecule has 13 heavy (non-hydrogen) atoms. The molecule has 0 saturated carbocycles. The fourth-order valence-corrected chi connectivity index (χ4v) is 2.30. The van der Waals surface area contributed by atoms with Gasteiger partial charge in [-0.1, -0.05) is 6.92 Å². The molecule has 2 fully saturated rings. The maximum Gasteiger partial charge on any atom is 0.195 e. The molecular weight excluding hydrogens is 168 g/mol. The number of fused-ring (bicyclic) bond motifs is 2. The first-order valence-corrected chi connectivity index (χ1v) is 4.92. The average Bonchev–Trinajstić information content (AvgIpc) is 2.10. The number of rotatable bonds is 0. The van der Waals surface area contributed by atoms with E-state index in [1.165, 1.54) is 0 Å². The average molecular weight is 186 g/mol. The van der Waals surface area contributed by atoms with E-state index in [4.69, 9.17) is 9.47 Å². The first-order chi connectivity index (χ1) is 5.79. The molecule has 0 aromatic rings. The Morgan fingerprint density at radius 2 is 1.85 bits per heavy atom. The summed E-state index contributed by atoms with van der Waals surface area (Å²) in [5, 5.41) is 10.1. The predicted molar refractivity (Wildman–Crippen MR) is 48.0 cm³/mol. The van der Waals surface area contributed by atoms with Gasteiger partial charge in [0, 0.05) is 5.92 Å². The Hall–Kier alpha value is -0.120. The molecule has 76 valence electrons. The summed E-state index contributed by atoms with van der Waals surface area (Å²) in [6.07, 6.45) is 1.90. The predicted octanol–water partition coefficient (Wildman–Crippen LogP) is 1.65. The van der Waals surface area contributed by atoms with Crippen LogP contribution in [-0.2, 0) is 9.47 Å². The SMILES string of the molecule is C[C@@H]1CC[C@@]2(C)O[C@@]1(C)O[C@@]2(C)O. The third-order valence-electron chi connectivity index (χ3n) is 3.76. The van der Waals surface area contributed by atoms with E-state index in [-0.39, 0.29) is 0 Å². The quantitative estimate of drug-likeness (QED) is 0.625. The van der Waals surface area contributed by atoms with Crippen LogP contribution in [-0.4, -0.2) is 22.3 Å². The van der Waals surface area contributed by atoms with E-state index in [1.54, 1.807) is 6.92 Å².